The lowest BCUT2D eigenvalue weighted by Gasteiger charge is -2.17. The van der Waals surface area contributed by atoms with Crippen LogP contribution in [0.2, 0.25) is 0 Å². The van der Waals surface area contributed by atoms with E-state index in [0.29, 0.717) is 0 Å². The summed E-state index contributed by atoms with van der Waals surface area (Å²) >= 11 is 2.82. The number of rotatable bonds is 7. The van der Waals surface area contributed by atoms with E-state index in [1.807, 2.05) is 0 Å². The Morgan fingerprint density at radius 3 is 1.96 bits per heavy atom. The van der Waals surface area contributed by atoms with Crippen LogP contribution in [0, 0.1) is 23.3 Å². The minimum atomic E-state index is -1.46. The van der Waals surface area contributed by atoms with Crippen molar-refractivity contribution in [2.45, 2.75) is 20.1 Å². The lowest BCUT2D eigenvalue weighted by atomic mass is 10.00. The molecule has 0 heterocycles. The maximum Gasteiger partial charge on any atom is 0.224 e. The molecule has 0 amide bonds. The number of halogens is 5. The molecule has 2 aromatic rings. The number of hydrogen-bond acceptors (Lipinski definition) is 3. The summed E-state index contributed by atoms with van der Waals surface area (Å²) in [6, 6.07) is 3.17. The first kappa shape index (κ1) is 20.5. The highest BCUT2D eigenvalue weighted by Gasteiger charge is 2.28. The van der Waals surface area contributed by atoms with Gasteiger partial charge in [0.1, 0.15) is 23.3 Å². The van der Waals surface area contributed by atoms with Crippen LogP contribution >= 0.6 is 15.9 Å². The zero-order valence-electron chi connectivity index (χ0n) is 13.9. The van der Waals surface area contributed by atoms with Gasteiger partial charge in [0.05, 0.1) is 10.0 Å². The maximum absolute atomic E-state index is 14.4. The van der Waals surface area contributed by atoms with Gasteiger partial charge in [-0.1, -0.05) is 0 Å². The first-order valence-electron chi connectivity index (χ1n) is 7.71. The predicted octanol–water partition coefficient (Wildman–Crippen LogP) is 5.25. The van der Waals surface area contributed by atoms with E-state index < -0.39 is 40.9 Å². The topological polar surface area (TPSA) is 35.5 Å². The van der Waals surface area contributed by atoms with E-state index >= 15 is 0 Å². The molecule has 0 aliphatic carbocycles. The standard InChI is InChI=1S/C18H15BrF4O3/c1-3-25-18(26-4-2)17(24)16-14(22)5-9(6-15(16)23)10-7-13(21)11(19)8-12(10)20/h5-8,18H,3-4H2,1-2H3. The summed E-state index contributed by atoms with van der Waals surface area (Å²) in [6.45, 7) is 3.39. The fraction of sp³-hybridized carbons (Fsp3) is 0.278. The summed E-state index contributed by atoms with van der Waals surface area (Å²) in [5, 5.41) is 0. The van der Waals surface area contributed by atoms with Crippen LogP contribution < -0.4 is 0 Å². The van der Waals surface area contributed by atoms with Gasteiger partial charge in [0.25, 0.3) is 0 Å². The number of hydrogen-bond donors (Lipinski definition) is 0. The van der Waals surface area contributed by atoms with Gasteiger partial charge in [-0.3, -0.25) is 4.79 Å². The van der Waals surface area contributed by atoms with E-state index in [1.54, 1.807) is 13.8 Å². The summed E-state index contributed by atoms with van der Waals surface area (Å²) in [7, 11) is 0. The number of carbonyl (C=O) groups is 1. The molecule has 0 saturated carbocycles. The Hall–Kier alpha value is -1.77. The summed E-state index contributed by atoms with van der Waals surface area (Å²) in [5.74, 6) is -5.15. The second-order valence-electron chi connectivity index (χ2n) is 5.17. The Labute approximate surface area is 156 Å². The Morgan fingerprint density at radius 1 is 0.923 bits per heavy atom. The number of carbonyl (C=O) groups excluding carboxylic acids is 1. The molecule has 0 aromatic heterocycles. The number of Topliss-reactive ketones (excluding diaryl/α,β-unsaturated/α-hetero) is 1. The molecule has 2 rings (SSSR count). The van der Waals surface area contributed by atoms with Crippen molar-refractivity contribution in [1.29, 1.82) is 0 Å². The van der Waals surface area contributed by atoms with Crippen LogP contribution in [0.15, 0.2) is 28.7 Å². The van der Waals surface area contributed by atoms with Gasteiger partial charge >= 0.3 is 0 Å². The van der Waals surface area contributed by atoms with Gasteiger partial charge in [-0.15, -0.1) is 0 Å². The molecule has 0 atom stereocenters. The molecule has 0 radical (unpaired) electrons. The molecular weight excluding hydrogens is 420 g/mol. The van der Waals surface area contributed by atoms with Crippen LogP contribution in [0.1, 0.15) is 24.2 Å². The van der Waals surface area contributed by atoms with Crippen molar-refractivity contribution in [3.8, 4) is 11.1 Å². The van der Waals surface area contributed by atoms with Crippen LogP contribution in [0.25, 0.3) is 11.1 Å². The largest absolute Gasteiger partial charge is 0.346 e. The van der Waals surface area contributed by atoms with Crippen molar-refractivity contribution in [1.82, 2.24) is 0 Å². The molecule has 140 valence electrons. The summed E-state index contributed by atoms with van der Waals surface area (Å²) in [4.78, 5) is 12.3. The molecular formula is C18H15BrF4O3. The molecule has 0 aliphatic heterocycles. The van der Waals surface area contributed by atoms with Crippen molar-refractivity contribution in [2.75, 3.05) is 13.2 Å². The minimum Gasteiger partial charge on any atom is -0.346 e. The van der Waals surface area contributed by atoms with E-state index in [1.165, 1.54) is 0 Å². The monoisotopic (exact) mass is 434 g/mol. The molecule has 0 spiro atoms. The molecule has 0 aliphatic rings. The smallest absolute Gasteiger partial charge is 0.224 e. The van der Waals surface area contributed by atoms with E-state index in [9.17, 15) is 22.4 Å². The fourth-order valence-electron chi connectivity index (χ4n) is 2.33. The van der Waals surface area contributed by atoms with Crippen molar-refractivity contribution >= 4 is 21.7 Å². The Morgan fingerprint density at radius 2 is 1.46 bits per heavy atom. The third kappa shape index (κ3) is 4.31. The molecule has 8 heteroatoms. The van der Waals surface area contributed by atoms with Gasteiger partial charge in [0.2, 0.25) is 12.1 Å². The number of benzene rings is 2. The summed E-state index contributed by atoms with van der Waals surface area (Å²) in [6.07, 6.45) is -1.46. The van der Waals surface area contributed by atoms with E-state index in [2.05, 4.69) is 15.9 Å². The predicted molar refractivity (Wildman–Crippen MR) is 90.8 cm³/mol. The van der Waals surface area contributed by atoms with Gasteiger partial charge < -0.3 is 9.47 Å². The van der Waals surface area contributed by atoms with Crippen LogP contribution in [0.4, 0.5) is 17.6 Å². The molecule has 0 N–H and O–H groups in total. The minimum absolute atomic E-state index is 0.0983. The van der Waals surface area contributed by atoms with E-state index in [-0.39, 0.29) is 28.8 Å². The van der Waals surface area contributed by atoms with Crippen molar-refractivity contribution in [3.63, 3.8) is 0 Å². The van der Waals surface area contributed by atoms with Crippen molar-refractivity contribution in [2.24, 2.45) is 0 Å². The first-order valence-corrected chi connectivity index (χ1v) is 8.50. The third-order valence-electron chi connectivity index (χ3n) is 3.46. The third-order valence-corrected chi connectivity index (χ3v) is 4.07. The highest BCUT2D eigenvalue weighted by atomic mass is 79.9. The second-order valence-corrected chi connectivity index (χ2v) is 6.02. The van der Waals surface area contributed by atoms with Crippen LogP contribution in [0.3, 0.4) is 0 Å². The Kier molecular flexibility index (Phi) is 6.91. The Balaban J connectivity index is 2.49. The zero-order valence-corrected chi connectivity index (χ0v) is 15.5. The number of ketones is 1. The molecule has 0 bridgehead atoms. The number of ether oxygens (including phenoxy) is 2. The lowest BCUT2D eigenvalue weighted by Crippen LogP contribution is -2.29. The molecule has 2 aromatic carbocycles. The van der Waals surface area contributed by atoms with Crippen LogP contribution in [0.5, 0.6) is 0 Å². The lowest BCUT2D eigenvalue weighted by molar-refractivity contribution is -0.107. The molecule has 26 heavy (non-hydrogen) atoms. The molecule has 0 fully saturated rings. The highest BCUT2D eigenvalue weighted by molar-refractivity contribution is 9.10. The summed E-state index contributed by atoms with van der Waals surface area (Å²) < 4.78 is 66.4. The average Bonchev–Trinajstić information content (AvgIpc) is 2.57. The first-order chi connectivity index (χ1) is 12.3. The van der Waals surface area contributed by atoms with Crippen molar-refractivity contribution in [3.05, 3.63) is 57.6 Å². The fourth-order valence-corrected chi connectivity index (χ4v) is 2.64. The van der Waals surface area contributed by atoms with Gasteiger partial charge in [-0.05, 0) is 59.6 Å². The quantitative estimate of drug-likeness (QED) is 0.258. The second kappa shape index (κ2) is 8.75. The van der Waals surface area contributed by atoms with E-state index in [4.69, 9.17) is 9.47 Å². The normalized spacial score (nSPS) is 11.2. The molecule has 3 nitrogen and oxygen atoms in total. The van der Waals surface area contributed by atoms with Gasteiger partial charge in [-0.2, -0.15) is 0 Å². The van der Waals surface area contributed by atoms with E-state index in [0.717, 1.165) is 24.3 Å². The average molecular weight is 435 g/mol. The summed E-state index contributed by atoms with van der Waals surface area (Å²) in [5.41, 5.74) is -1.45. The van der Waals surface area contributed by atoms with Crippen LogP contribution in [-0.2, 0) is 9.47 Å². The SMILES string of the molecule is CCOC(OCC)C(=O)c1c(F)cc(-c2cc(F)c(Br)cc2F)cc1F. The zero-order chi connectivity index (χ0) is 19.4. The van der Waals surface area contributed by atoms with Gasteiger partial charge in [-0.25, -0.2) is 17.6 Å². The van der Waals surface area contributed by atoms with Gasteiger partial charge in [0, 0.05) is 18.8 Å². The molecule has 0 unspecified atom stereocenters. The maximum atomic E-state index is 14.4. The van der Waals surface area contributed by atoms with Gasteiger partial charge in [0.15, 0.2) is 0 Å². The highest BCUT2D eigenvalue weighted by Crippen LogP contribution is 2.30. The Bertz CT molecular complexity index is 797. The van der Waals surface area contributed by atoms with Crippen LogP contribution in [-0.4, -0.2) is 25.3 Å². The van der Waals surface area contributed by atoms with Crippen molar-refractivity contribution < 1.29 is 31.8 Å². The molecule has 0 saturated heterocycles.